The molecule has 0 aliphatic heterocycles. The Balaban J connectivity index is 2.07. The highest BCUT2D eigenvalue weighted by Gasteiger charge is 2.21. The number of nitrogens with two attached hydrogens (primary N) is 1. The number of ether oxygens (including phenoxy) is 1. The van der Waals surface area contributed by atoms with Gasteiger partial charge in [-0.3, -0.25) is 4.79 Å². The van der Waals surface area contributed by atoms with Crippen LogP contribution in [0.1, 0.15) is 23.6 Å². The minimum Gasteiger partial charge on any atom is -0.461 e. The largest absolute Gasteiger partial charge is 0.461 e. The van der Waals surface area contributed by atoms with Crippen molar-refractivity contribution in [3.8, 4) is 0 Å². The average molecular weight is 385 g/mol. The van der Waals surface area contributed by atoms with Gasteiger partial charge in [-0.05, 0) is 23.8 Å². The summed E-state index contributed by atoms with van der Waals surface area (Å²) in [6, 6.07) is 9.29. The molecule has 2 amide bonds. The zero-order valence-electron chi connectivity index (χ0n) is 13.0. The van der Waals surface area contributed by atoms with Crippen molar-refractivity contribution in [3.63, 3.8) is 0 Å². The van der Waals surface area contributed by atoms with Crippen LogP contribution in [0.4, 0.5) is 9.18 Å². The molecule has 0 spiro atoms. The molecule has 8 heteroatoms. The van der Waals surface area contributed by atoms with Gasteiger partial charge < -0.3 is 15.8 Å². The Kier molecular flexibility index (Phi) is 6.61. The van der Waals surface area contributed by atoms with Gasteiger partial charge >= 0.3 is 12.0 Å². The Morgan fingerprint density at radius 3 is 2.44 bits per heavy atom. The molecular formula is C17H15Cl2FN2O3. The first kappa shape index (κ1) is 19.0. The number of hydrogen-bond donors (Lipinski definition) is 2. The fraction of sp³-hybridized carbons (Fsp3) is 0.176. The monoisotopic (exact) mass is 384 g/mol. The number of carbonyl (C=O) groups excluding carboxylic acids is 2. The van der Waals surface area contributed by atoms with Gasteiger partial charge in [0.2, 0.25) is 0 Å². The van der Waals surface area contributed by atoms with Gasteiger partial charge in [-0.15, -0.1) is 0 Å². The molecule has 0 aliphatic rings. The number of carbonyl (C=O) groups is 2. The number of benzene rings is 2. The lowest BCUT2D eigenvalue weighted by Crippen LogP contribution is -2.34. The molecule has 2 aromatic carbocycles. The molecule has 0 saturated heterocycles. The maximum absolute atomic E-state index is 13.7. The van der Waals surface area contributed by atoms with Crippen LogP contribution in [0.5, 0.6) is 0 Å². The predicted octanol–water partition coefficient (Wildman–Crippen LogP) is 3.98. The summed E-state index contributed by atoms with van der Waals surface area (Å²) in [5.74, 6) is -1.24. The number of urea groups is 1. The fourth-order valence-electron chi connectivity index (χ4n) is 2.22. The molecule has 0 fully saturated rings. The van der Waals surface area contributed by atoms with Crippen LogP contribution in [0.3, 0.4) is 0 Å². The number of hydrogen-bond acceptors (Lipinski definition) is 3. The van der Waals surface area contributed by atoms with E-state index in [1.165, 1.54) is 18.2 Å². The van der Waals surface area contributed by atoms with E-state index in [0.717, 1.165) is 0 Å². The lowest BCUT2D eigenvalue weighted by Gasteiger charge is -2.18. The molecule has 25 heavy (non-hydrogen) atoms. The summed E-state index contributed by atoms with van der Waals surface area (Å²) in [7, 11) is 0. The van der Waals surface area contributed by atoms with Crippen LogP contribution in [0.2, 0.25) is 10.0 Å². The molecular weight excluding hydrogens is 370 g/mol. The molecule has 0 heterocycles. The summed E-state index contributed by atoms with van der Waals surface area (Å²) in [5.41, 5.74) is 5.74. The quantitative estimate of drug-likeness (QED) is 0.739. The van der Waals surface area contributed by atoms with Crippen LogP contribution in [0, 0.1) is 5.82 Å². The number of primary amides is 1. The third-order valence-electron chi connectivity index (χ3n) is 3.41. The summed E-state index contributed by atoms with van der Waals surface area (Å²) >= 11 is 12.0. The van der Waals surface area contributed by atoms with Crippen LogP contribution in [0.15, 0.2) is 42.5 Å². The van der Waals surface area contributed by atoms with Gasteiger partial charge in [0.05, 0.1) is 17.5 Å². The standard InChI is InChI=1S/C17H15Cl2FN2O3/c18-12-5-2-1-4-10(12)15(22-17(21)24)8-16(23)25-9-11-13(19)6-3-7-14(11)20/h1-7,15H,8-9H2,(H3,21,22,24). The van der Waals surface area contributed by atoms with Crippen molar-refractivity contribution in [2.45, 2.75) is 19.1 Å². The van der Waals surface area contributed by atoms with E-state index in [4.69, 9.17) is 33.7 Å². The van der Waals surface area contributed by atoms with Gasteiger partial charge in [0, 0.05) is 10.6 Å². The predicted molar refractivity (Wildman–Crippen MR) is 92.7 cm³/mol. The zero-order chi connectivity index (χ0) is 18.4. The number of esters is 1. The van der Waals surface area contributed by atoms with Crippen molar-refractivity contribution in [1.29, 1.82) is 0 Å². The third-order valence-corrected chi connectivity index (χ3v) is 4.11. The SMILES string of the molecule is NC(=O)NC(CC(=O)OCc1c(F)cccc1Cl)c1ccccc1Cl. The normalized spacial score (nSPS) is 11.6. The minimum absolute atomic E-state index is 0.0784. The first-order valence-corrected chi connectivity index (χ1v) is 8.03. The highest BCUT2D eigenvalue weighted by Crippen LogP contribution is 2.26. The van der Waals surface area contributed by atoms with Crippen LogP contribution in [0.25, 0.3) is 0 Å². The summed E-state index contributed by atoms with van der Waals surface area (Å²) in [4.78, 5) is 23.3. The lowest BCUT2D eigenvalue weighted by molar-refractivity contribution is -0.145. The smallest absolute Gasteiger partial charge is 0.312 e. The first-order valence-electron chi connectivity index (χ1n) is 7.27. The maximum atomic E-state index is 13.7. The molecule has 2 aromatic rings. The van der Waals surface area contributed by atoms with E-state index in [-0.39, 0.29) is 23.6 Å². The molecule has 0 aliphatic carbocycles. The average Bonchev–Trinajstić information content (AvgIpc) is 2.54. The fourth-order valence-corrected chi connectivity index (χ4v) is 2.70. The van der Waals surface area contributed by atoms with Gasteiger partial charge in [0.25, 0.3) is 0 Å². The minimum atomic E-state index is -0.810. The second kappa shape index (κ2) is 8.69. The molecule has 1 unspecified atom stereocenters. The number of rotatable bonds is 6. The summed E-state index contributed by atoms with van der Waals surface area (Å²) in [5, 5.41) is 2.97. The van der Waals surface area contributed by atoms with Crippen LogP contribution in [-0.2, 0) is 16.1 Å². The van der Waals surface area contributed by atoms with Crippen molar-refractivity contribution < 1.29 is 18.7 Å². The van der Waals surface area contributed by atoms with E-state index in [1.807, 2.05) is 0 Å². The van der Waals surface area contributed by atoms with E-state index in [9.17, 15) is 14.0 Å². The van der Waals surface area contributed by atoms with Crippen molar-refractivity contribution in [2.24, 2.45) is 5.73 Å². The van der Waals surface area contributed by atoms with Crippen LogP contribution in [-0.4, -0.2) is 12.0 Å². The van der Waals surface area contributed by atoms with E-state index in [2.05, 4.69) is 5.32 Å². The summed E-state index contributed by atoms with van der Waals surface area (Å²) in [6.45, 7) is -0.323. The molecule has 132 valence electrons. The number of amides is 2. The van der Waals surface area contributed by atoms with Crippen molar-refractivity contribution in [1.82, 2.24) is 5.32 Å². The molecule has 1 atom stereocenters. The van der Waals surface area contributed by atoms with Gasteiger partial charge in [-0.25, -0.2) is 9.18 Å². The van der Waals surface area contributed by atoms with Gasteiger partial charge in [0.1, 0.15) is 12.4 Å². The zero-order valence-corrected chi connectivity index (χ0v) is 14.5. The molecule has 0 saturated carbocycles. The van der Waals surface area contributed by atoms with Gasteiger partial charge in [-0.1, -0.05) is 47.5 Å². The maximum Gasteiger partial charge on any atom is 0.312 e. The highest BCUT2D eigenvalue weighted by atomic mass is 35.5. The van der Waals surface area contributed by atoms with E-state index in [1.54, 1.807) is 24.3 Å². The van der Waals surface area contributed by atoms with E-state index < -0.39 is 23.9 Å². The molecule has 0 aromatic heterocycles. The van der Waals surface area contributed by atoms with Crippen molar-refractivity contribution in [3.05, 3.63) is 69.5 Å². The van der Waals surface area contributed by atoms with Gasteiger partial charge in [0.15, 0.2) is 0 Å². The van der Waals surface area contributed by atoms with Crippen molar-refractivity contribution in [2.75, 3.05) is 0 Å². The number of halogens is 3. The first-order chi connectivity index (χ1) is 11.9. The summed E-state index contributed by atoms with van der Waals surface area (Å²) < 4.78 is 18.8. The third kappa shape index (κ3) is 5.34. The van der Waals surface area contributed by atoms with Crippen LogP contribution >= 0.6 is 23.2 Å². The molecule has 0 radical (unpaired) electrons. The lowest BCUT2D eigenvalue weighted by atomic mass is 10.0. The van der Waals surface area contributed by atoms with Crippen molar-refractivity contribution >= 4 is 35.2 Å². The Bertz CT molecular complexity index is 766. The van der Waals surface area contributed by atoms with E-state index in [0.29, 0.717) is 10.6 Å². The molecule has 3 N–H and O–H groups in total. The molecule has 2 rings (SSSR count). The summed E-state index contributed by atoms with van der Waals surface area (Å²) in [6.07, 6.45) is -0.223. The second-order valence-electron chi connectivity index (χ2n) is 5.15. The molecule has 5 nitrogen and oxygen atoms in total. The topological polar surface area (TPSA) is 81.4 Å². The number of nitrogens with one attached hydrogen (secondary N) is 1. The van der Waals surface area contributed by atoms with E-state index >= 15 is 0 Å². The Labute approximate surface area is 153 Å². The highest BCUT2D eigenvalue weighted by molar-refractivity contribution is 6.31. The Morgan fingerprint density at radius 1 is 1.12 bits per heavy atom. The van der Waals surface area contributed by atoms with Gasteiger partial charge in [-0.2, -0.15) is 0 Å². The Hall–Kier alpha value is -2.31. The van der Waals surface area contributed by atoms with Crippen LogP contribution < -0.4 is 11.1 Å². The Morgan fingerprint density at radius 2 is 1.80 bits per heavy atom. The second-order valence-corrected chi connectivity index (χ2v) is 5.96. The molecule has 0 bridgehead atoms.